The summed E-state index contributed by atoms with van der Waals surface area (Å²) in [5.41, 5.74) is 5.87. The van der Waals surface area contributed by atoms with Gasteiger partial charge in [0, 0.05) is 17.5 Å². The Labute approximate surface area is 174 Å². The number of carbonyl (C=O) groups excluding carboxylic acids is 1. The van der Waals surface area contributed by atoms with Gasteiger partial charge in [0.1, 0.15) is 0 Å². The van der Waals surface area contributed by atoms with Crippen molar-refractivity contribution in [3.8, 4) is 0 Å². The van der Waals surface area contributed by atoms with Crippen LogP contribution in [0, 0.1) is 13.8 Å². The summed E-state index contributed by atoms with van der Waals surface area (Å²) in [6, 6.07) is 9.51. The van der Waals surface area contributed by atoms with Gasteiger partial charge in [-0.05, 0) is 49.1 Å². The molecule has 7 heteroatoms. The normalized spacial score (nSPS) is 18.2. The number of alkyl halides is 3. The molecule has 162 valence electrons. The summed E-state index contributed by atoms with van der Waals surface area (Å²) in [5, 5.41) is 3.78. The molecule has 30 heavy (non-hydrogen) atoms. The summed E-state index contributed by atoms with van der Waals surface area (Å²) in [7, 11) is 0. The van der Waals surface area contributed by atoms with Crippen molar-refractivity contribution in [2.45, 2.75) is 59.2 Å². The van der Waals surface area contributed by atoms with Gasteiger partial charge < -0.3 is 10.6 Å². The summed E-state index contributed by atoms with van der Waals surface area (Å²) in [6.45, 7) is 9.32. The first-order chi connectivity index (χ1) is 14.1. The van der Waals surface area contributed by atoms with E-state index in [2.05, 4.69) is 5.16 Å². The van der Waals surface area contributed by atoms with Crippen LogP contribution in [0.2, 0.25) is 0 Å². The lowest BCUT2D eigenvalue weighted by Gasteiger charge is -2.30. The molecular formula is C23H27F3N2O2. The van der Waals surface area contributed by atoms with Gasteiger partial charge in [-0.1, -0.05) is 55.8 Å². The SMILES string of the molecule is CC.CCc1cc(C)cc(C2(C(F)(F)F)CC(c3ccc(C(N)=O)c(C)c3)=NO2)c1. The topological polar surface area (TPSA) is 64.7 Å². The monoisotopic (exact) mass is 420 g/mol. The summed E-state index contributed by atoms with van der Waals surface area (Å²) in [6.07, 6.45) is -4.48. The number of primary amides is 1. The molecule has 0 spiro atoms. The van der Waals surface area contributed by atoms with Crippen molar-refractivity contribution in [1.29, 1.82) is 0 Å². The first-order valence-electron chi connectivity index (χ1n) is 9.91. The number of nitrogens with two attached hydrogens (primary N) is 1. The summed E-state index contributed by atoms with van der Waals surface area (Å²) in [5.74, 6) is -0.592. The zero-order valence-electron chi connectivity index (χ0n) is 17.9. The van der Waals surface area contributed by atoms with Crippen molar-refractivity contribution in [2.75, 3.05) is 0 Å². The van der Waals surface area contributed by atoms with Gasteiger partial charge in [0.2, 0.25) is 5.91 Å². The maximum absolute atomic E-state index is 14.1. The Balaban J connectivity index is 0.00000155. The van der Waals surface area contributed by atoms with Crippen molar-refractivity contribution in [3.05, 3.63) is 69.8 Å². The number of carbonyl (C=O) groups is 1. The molecular weight excluding hydrogens is 393 g/mol. The van der Waals surface area contributed by atoms with Crippen LogP contribution in [-0.4, -0.2) is 17.8 Å². The summed E-state index contributed by atoms with van der Waals surface area (Å²) in [4.78, 5) is 16.5. The fraction of sp³-hybridized carbons (Fsp3) is 0.391. The lowest BCUT2D eigenvalue weighted by Crippen LogP contribution is -2.42. The number of hydrogen-bond acceptors (Lipinski definition) is 3. The predicted octanol–water partition coefficient (Wildman–Crippen LogP) is 5.57. The van der Waals surface area contributed by atoms with E-state index in [9.17, 15) is 18.0 Å². The third kappa shape index (κ3) is 4.35. The number of hydrogen-bond donors (Lipinski definition) is 1. The van der Waals surface area contributed by atoms with Crippen LogP contribution in [0.1, 0.15) is 65.4 Å². The highest BCUT2D eigenvalue weighted by molar-refractivity contribution is 6.03. The van der Waals surface area contributed by atoms with E-state index >= 15 is 0 Å². The van der Waals surface area contributed by atoms with Gasteiger partial charge in [-0.15, -0.1) is 0 Å². The predicted molar refractivity (Wildman–Crippen MR) is 112 cm³/mol. The average molecular weight is 420 g/mol. The molecule has 1 aliphatic heterocycles. The highest BCUT2D eigenvalue weighted by Gasteiger charge is 2.62. The van der Waals surface area contributed by atoms with Crippen LogP contribution in [-0.2, 0) is 16.9 Å². The largest absolute Gasteiger partial charge is 0.435 e. The molecule has 2 aromatic rings. The molecule has 0 aromatic heterocycles. The molecule has 0 bridgehead atoms. The Kier molecular flexibility index (Phi) is 6.95. The van der Waals surface area contributed by atoms with E-state index in [4.69, 9.17) is 10.6 Å². The molecule has 0 saturated heterocycles. The molecule has 1 heterocycles. The molecule has 1 aliphatic rings. The van der Waals surface area contributed by atoms with Gasteiger partial charge in [-0.25, -0.2) is 0 Å². The number of oxime groups is 1. The van der Waals surface area contributed by atoms with Crippen LogP contribution < -0.4 is 5.73 Å². The maximum atomic E-state index is 14.1. The molecule has 0 aliphatic carbocycles. The quantitative estimate of drug-likeness (QED) is 0.702. The molecule has 2 N–H and O–H groups in total. The first-order valence-corrected chi connectivity index (χ1v) is 9.91. The van der Waals surface area contributed by atoms with Gasteiger partial charge in [-0.3, -0.25) is 4.79 Å². The van der Waals surface area contributed by atoms with Crippen LogP contribution in [0.5, 0.6) is 0 Å². The minimum atomic E-state index is -4.65. The van der Waals surface area contributed by atoms with Crippen LogP contribution in [0.25, 0.3) is 0 Å². The van der Waals surface area contributed by atoms with E-state index in [0.29, 0.717) is 23.1 Å². The maximum Gasteiger partial charge on any atom is 0.435 e. The van der Waals surface area contributed by atoms with Crippen molar-refractivity contribution >= 4 is 11.6 Å². The van der Waals surface area contributed by atoms with Crippen LogP contribution in [0.3, 0.4) is 0 Å². The highest BCUT2D eigenvalue weighted by Crippen LogP contribution is 2.49. The number of benzene rings is 2. The van der Waals surface area contributed by atoms with Crippen molar-refractivity contribution in [2.24, 2.45) is 10.9 Å². The lowest BCUT2D eigenvalue weighted by atomic mass is 9.84. The van der Waals surface area contributed by atoms with Gasteiger partial charge in [-0.2, -0.15) is 13.2 Å². The second-order valence-corrected chi connectivity index (χ2v) is 7.09. The number of halogens is 3. The fourth-order valence-corrected chi connectivity index (χ4v) is 3.48. The van der Waals surface area contributed by atoms with E-state index in [1.807, 2.05) is 26.8 Å². The average Bonchev–Trinajstić information content (AvgIpc) is 3.15. The molecule has 0 radical (unpaired) electrons. The lowest BCUT2D eigenvalue weighted by molar-refractivity contribution is -0.275. The van der Waals surface area contributed by atoms with Gasteiger partial charge >= 0.3 is 6.18 Å². The van der Waals surface area contributed by atoms with Crippen molar-refractivity contribution < 1.29 is 22.8 Å². The Bertz CT molecular complexity index is 967. The number of rotatable bonds is 4. The Morgan fingerprint density at radius 3 is 2.37 bits per heavy atom. The van der Waals surface area contributed by atoms with Crippen LogP contribution >= 0.6 is 0 Å². The molecule has 1 atom stereocenters. The van der Waals surface area contributed by atoms with Crippen LogP contribution in [0.4, 0.5) is 13.2 Å². The minimum absolute atomic E-state index is 0.0427. The molecule has 4 nitrogen and oxygen atoms in total. The van der Waals surface area contributed by atoms with Crippen molar-refractivity contribution in [3.63, 3.8) is 0 Å². The van der Waals surface area contributed by atoms with E-state index in [-0.39, 0.29) is 11.3 Å². The summed E-state index contributed by atoms with van der Waals surface area (Å²) >= 11 is 0. The summed E-state index contributed by atoms with van der Waals surface area (Å²) < 4.78 is 42.4. The third-order valence-electron chi connectivity index (χ3n) is 5.02. The minimum Gasteiger partial charge on any atom is -0.374 e. The van der Waals surface area contributed by atoms with E-state index in [0.717, 1.165) is 11.1 Å². The van der Waals surface area contributed by atoms with E-state index in [1.165, 1.54) is 24.3 Å². The molecule has 1 unspecified atom stereocenters. The zero-order valence-corrected chi connectivity index (χ0v) is 17.9. The fourth-order valence-electron chi connectivity index (χ4n) is 3.48. The van der Waals surface area contributed by atoms with Gasteiger partial charge in [0.15, 0.2) is 0 Å². The van der Waals surface area contributed by atoms with Crippen molar-refractivity contribution in [1.82, 2.24) is 0 Å². The molecule has 1 amide bonds. The molecule has 2 aromatic carbocycles. The second kappa shape index (κ2) is 8.90. The molecule has 3 rings (SSSR count). The van der Waals surface area contributed by atoms with E-state index < -0.39 is 24.1 Å². The van der Waals surface area contributed by atoms with Crippen LogP contribution in [0.15, 0.2) is 41.6 Å². The first kappa shape index (κ1) is 23.4. The van der Waals surface area contributed by atoms with Gasteiger partial charge in [0.25, 0.3) is 5.60 Å². The number of nitrogens with zero attached hydrogens (tertiary/aromatic N) is 1. The zero-order chi connectivity index (χ0) is 22.7. The van der Waals surface area contributed by atoms with E-state index in [1.54, 1.807) is 19.9 Å². The smallest absolute Gasteiger partial charge is 0.374 e. The Morgan fingerprint density at radius 1 is 1.17 bits per heavy atom. The number of amides is 1. The third-order valence-corrected chi connectivity index (χ3v) is 5.02. The Morgan fingerprint density at radius 2 is 1.83 bits per heavy atom. The standard InChI is InChI=1S/C21H21F3N2O2.C2H6/c1-4-14-7-12(2)8-16(10-14)20(21(22,23)24)11-18(26-28-20)15-5-6-17(19(25)27)13(3)9-15;1-2/h5-10H,4,11H2,1-3H3,(H2,25,27);1-2H3. The molecule has 0 fully saturated rings. The highest BCUT2D eigenvalue weighted by atomic mass is 19.4. The second-order valence-electron chi connectivity index (χ2n) is 7.09. The molecule has 0 saturated carbocycles. The Hall–Kier alpha value is -2.83. The number of aryl methyl sites for hydroxylation is 3. The van der Waals surface area contributed by atoms with Gasteiger partial charge in [0.05, 0.1) is 5.71 Å².